The fourth-order valence-corrected chi connectivity index (χ4v) is 1.39. The highest BCUT2D eigenvalue weighted by atomic mass is 35.5. The number of aliphatic hydroxyl groups excluding tert-OH is 1. The lowest BCUT2D eigenvalue weighted by molar-refractivity contribution is 0.153. The smallest absolute Gasteiger partial charge is 0.132 e. The highest BCUT2D eigenvalue weighted by Gasteiger charge is 2.08. The summed E-state index contributed by atoms with van der Waals surface area (Å²) in [5, 5.41) is 20.9. The van der Waals surface area contributed by atoms with E-state index in [0.29, 0.717) is 18.0 Å². The zero-order valence-electron chi connectivity index (χ0n) is 8.77. The normalized spacial score (nSPS) is 11.9. The quantitative estimate of drug-likeness (QED) is 0.753. The highest BCUT2D eigenvalue weighted by molar-refractivity contribution is 6.29. The third kappa shape index (κ3) is 3.66. The van der Waals surface area contributed by atoms with E-state index in [4.69, 9.17) is 26.7 Å². The Morgan fingerprint density at radius 3 is 3.00 bits per heavy atom. The minimum Gasteiger partial charge on any atom is -0.394 e. The van der Waals surface area contributed by atoms with Crippen LogP contribution in [-0.4, -0.2) is 36.5 Å². The summed E-state index contributed by atoms with van der Waals surface area (Å²) in [6.07, 6.45) is 0. The Kier molecular flexibility index (Phi) is 4.99. The van der Waals surface area contributed by atoms with Gasteiger partial charge in [-0.05, 0) is 12.1 Å². The summed E-state index contributed by atoms with van der Waals surface area (Å²) in [7, 11) is 1.54. The van der Waals surface area contributed by atoms with Crippen LogP contribution in [0.15, 0.2) is 12.1 Å². The van der Waals surface area contributed by atoms with Crippen molar-refractivity contribution in [3.05, 3.63) is 22.8 Å². The number of halogens is 1. The number of aliphatic hydroxyl groups is 1. The monoisotopic (exact) mass is 241 g/mol. The molecule has 2 N–H and O–H groups in total. The van der Waals surface area contributed by atoms with Crippen molar-refractivity contribution in [2.24, 2.45) is 0 Å². The summed E-state index contributed by atoms with van der Waals surface area (Å²) in [6.45, 7) is 0.247. The minimum absolute atomic E-state index is 0.0933. The summed E-state index contributed by atoms with van der Waals surface area (Å²) in [5.74, 6) is 0.445. The van der Waals surface area contributed by atoms with Gasteiger partial charge in [0.1, 0.15) is 11.0 Å². The lowest BCUT2D eigenvalue weighted by Gasteiger charge is -2.15. The molecular weight excluding hydrogens is 230 g/mol. The summed E-state index contributed by atoms with van der Waals surface area (Å²) < 4.78 is 4.91. The Balaban J connectivity index is 2.80. The fraction of sp³-hybridized carbons (Fsp3) is 0.400. The summed E-state index contributed by atoms with van der Waals surface area (Å²) in [6, 6.07) is 4.73. The van der Waals surface area contributed by atoms with Crippen molar-refractivity contribution in [1.29, 1.82) is 5.26 Å². The largest absolute Gasteiger partial charge is 0.394 e. The predicted octanol–water partition coefficient (Wildman–Crippen LogP) is 1.03. The predicted molar refractivity (Wildman–Crippen MR) is 60.3 cm³/mol. The zero-order chi connectivity index (χ0) is 12.0. The van der Waals surface area contributed by atoms with E-state index in [0.717, 1.165) is 0 Å². The van der Waals surface area contributed by atoms with Gasteiger partial charge in [-0.3, -0.25) is 0 Å². The average molecular weight is 242 g/mol. The Labute approximate surface area is 98.6 Å². The van der Waals surface area contributed by atoms with Gasteiger partial charge in [0.25, 0.3) is 0 Å². The van der Waals surface area contributed by atoms with Gasteiger partial charge >= 0.3 is 0 Å². The molecule has 6 heteroatoms. The van der Waals surface area contributed by atoms with Gasteiger partial charge in [-0.2, -0.15) is 5.26 Å². The van der Waals surface area contributed by atoms with E-state index in [1.165, 1.54) is 13.2 Å². The number of pyridine rings is 1. The van der Waals surface area contributed by atoms with Gasteiger partial charge in [-0.1, -0.05) is 11.6 Å². The van der Waals surface area contributed by atoms with Crippen LogP contribution in [0.1, 0.15) is 5.56 Å². The maximum atomic E-state index is 9.05. The standard InChI is InChI=1S/C10H12ClN3O2/c1-16-6-8(5-15)13-10-3-7(4-12)2-9(11)14-10/h2-3,8,15H,5-6H2,1H3,(H,13,14). The number of ether oxygens (including phenoxy) is 1. The molecule has 0 aromatic carbocycles. The molecule has 1 unspecified atom stereocenters. The van der Waals surface area contributed by atoms with Crippen molar-refractivity contribution in [1.82, 2.24) is 4.98 Å². The molecule has 0 aliphatic carbocycles. The second-order valence-electron chi connectivity index (χ2n) is 3.15. The van der Waals surface area contributed by atoms with Crippen molar-refractivity contribution in [2.75, 3.05) is 25.6 Å². The lowest BCUT2D eigenvalue weighted by Crippen LogP contribution is -2.29. The summed E-state index contributed by atoms with van der Waals surface area (Å²) in [5.41, 5.74) is 0.414. The van der Waals surface area contributed by atoms with Crippen molar-refractivity contribution in [3.8, 4) is 6.07 Å². The van der Waals surface area contributed by atoms with Gasteiger partial charge in [0.05, 0.1) is 30.9 Å². The first kappa shape index (κ1) is 12.7. The first-order valence-electron chi connectivity index (χ1n) is 4.63. The van der Waals surface area contributed by atoms with E-state index in [9.17, 15) is 0 Å². The van der Waals surface area contributed by atoms with Crippen LogP contribution in [0.4, 0.5) is 5.82 Å². The molecule has 86 valence electrons. The number of hydrogen-bond donors (Lipinski definition) is 2. The molecule has 0 fully saturated rings. The van der Waals surface area contributed by atoms with Crippen LogP contribution < -0.4 is 5.32 Å². The minimum atomic E-state index is -0.275. The molecule has 0 aliphatic heterocycles. The number of nitriles is 1. The van der Waals surface area contributed by atoms with Crippen LogP contribution in [0.5, 0.6) is 0 Å². The molecule has 16 heavy (non-hydrogen) atoms. The van der Waals surface area contributed by atoms with Crippen molar-refractivity contribution >= 4 is 17.4 Å². The van der Waals surface area contributed by atoms with Gasteiger partial charge in [0.2, 0.25) is 0 Å². The first-order valence-corrected chi connectivity index (χ1v) is 5.01. The van der Waals surface area contributed by atoms with Crippen LogP contribution in [0, 0.1) is 11.3 Å². The average Bonchev–Trinajstić information content (AvgIpc) is 2.27. The molecule has 0 aliphatic rings. The molecular formula is C10H12ClN3O2. The molecule has 0 saturated heterocycles. The molecule has 1 heterocycles. The molecule has 1 atom stereocenters. The maximum Gasteiger partial charge on any atom is 0.132 e. The van der Waals surface area contributed by atoms with E-state index in [-0.39, 0.29) is 17.8 Å². The van der Waals surface area contributed by atoms with Crippen LogP contribution in [0.25, 0.3) is 0 Å². The molecule has 0 saturated carbocycles. The van der Waals surface area contributed by atoms with Crippen LogP contribution in [-0.2, 0) is 4.74 Å². The molecule has 0 bridgehead atoms. The first-order chi connectivity index (χ1) is 7.69. The molecule has 1 aromatic rings. The molecule has 0 spiro atoms. The van der Waals surface area contributed by atoms with E-state index in [2.05, 4.69) is 10.3 Å². The fourth-order valence-electron chi connectivity index (χ4n) is 1.19. The number of anilines is 1. The van der Waals surface area contributed by atoms with Crippen molar-refractivity contribution in [2.45, 2.75) is 6.04 Å². The zero-order valence-corrected chi connectivity index (χ0v) is 9.53. The highest BCUT2D eigenvalue weighted by Crippen LogP contribution is 2.14. The molecule has 1 aromatic heterocycles. The van der Waals surface area contributed by atoms with E-state index in [1.807, 2.05) is 6.07 Å². The number of nitrogens with one attached hydrogen (secondary N) is 1. The molecule has 1 rings (SSSR count). The van der Waals surface area contributed by atoms with E-state index < -0.39 is 0 Å². The Bertz CT molecular complexity index is 392. The number of rotatable bonds is 5. The second-order valence-corrected chi connectivity index (χ2v) is 3.54. The topological polar surface area (TPSA) is 78.2 Å². The number of aromatic nitrogens is 1. The Morgan fingerprint density at radius 1 is 1.69 bits per heavy atom. The van der Waals surface area contributed by atoms with E-state index in [1.54, 1.807) is 6.07 Å². The SMILES string of the molecule is COCC(CO)Nc1cc(C#N)cc(Cl)n1. The lowest BCUT2D eigenvalue weighted by atomic mass is 10.2. The van der Waals surface area contributed by atoms with Crippen molar-refractivity contribution in [3.63, 3.8) is 0 Å². The van der Waals surface area contributed by atoms with Crippen LogP contribution >= 0.6 is 11.6 Å². The maximum absolute atomic E-state index is 9.05. The number of hydrogen-bond acceptors (Lipinski definition) is 5. The Morgan fingerprint density at radius 2 is 2.44 bits per heavy atom. The van der Waals surface area contributed by atoms with E-state index >= 15 is 0 Å². The van der Waals surface area contributed by atoms with Gasteiger partial charge < -0.3 is 15.2 Å². The third-order valence-electron chi connectivity index (χ3n) is 1.86. The van der Waals surface area contributed by atoms with Gasteiger partial charge in [-0.25, -0.2) is 4.98 Å². The molecule has 5 nitrogen and oxygen atoms in total. The molecule has 0 amide bonds. The van der Waals surface area contributed by atoms with Gasteiger partial charge in [-0.15, -0.1) is 0 Å². The van der Waals surface area contributed by atoms with Gasteiger partial charge in [0.15, 0.2) is 0 Å². The number of nitrogens with zero attached hydrogens (tertiary/aromatic N) is 2. The summed E-state index contributed by atoms with van der Waals surface area (Å²) >= 11 is 5.74. The number of methoxy groups -OCH3 is 1. The Hall–Kier alpha value is -1.35. The second kappa shape index (κ2) is 6.28. The van der Waals surface area contributed by atoms with Crippen LogP contribution in [0.3, 0.4) is 0 Å². The van der Waals surface area contributed by atoms with Crippen LogP contribution in [0.2, 0.25) is 5.15 Å². The summed E-state index contributed by atoms with van der Waals surface area (Å²) in [4.78, 5) is 3.99. The third-order valence-corrected chi connectivity index (χ3v) is 2.06. The van der Waals surface area contributed by atoms with Crippen molar-refractivity contribution < 1.29 is 9.84 Å². The molecule has 0 radical (unpaired) electrons. The van der Waals surface area contributed by atoms with Gasteiger partial charge in [0, 0.05) is 7.11 Å².